The van der Waals surface area contributed by atoms with E-state index < -0.39 is 5.97 Å². The van der Waals surface area contributed by atoms with Crippen LogP contribution in [0.4, 0.5) is 10.5 Å². The molecule has 2 N–H and O–H groups in total. The van der Waals surface area contributed by atoms with Crippen molar-refractivity contribution in [1.82, 2.24) is 4.90 Å². The fraction of sp³-hybridized carbons (Fsp3) is 0.385. The summed E-state index contributed by atoms with van der Waals surface area (Å²) in [5, 5.41) is 11.4. The van der Waals surface area contributed by atoms with Crippen LogP contribution in [0.15, 0.2) is 24.3 Å². The summed E-state index contributed by atoms with van der Waals surface area (Å²) in [6, 6.07) is 6.67. The molecule has 2 amide bonds. The Labute approximate surface area is 106 Å². The van der Waals surface area contributed by atoms with Crippen molar-refractivity contribution in [2.45, 2.75) is 19.8 Å². The van der Waals surface area contributed by atoms with Crippen molar-refractivity contribution in [2.24, 2.45) is 0 Å². The first kappa shape index (κ1) is 14.0. The second kappa shape index (κ2) is 6.64. The molecule has 18 heavy (non-hydrogen) atoms. The highest BCUT2D eigenvalue weighted by Gasteiger charge is 2.08. The van der Waals surface area contributed by atoms with Gasteiger partial charge in [0.05, 0.1) is 6.42 Å². The number of benzene rings is 1. The van der Waals surface area contributed by atoms with Crippen molar-refractivity contribution in [3.8, 4) is 0 Å². The van der Waals surface area contributed by atoms with Crippen LogP contribution in [0.1, 0.15) is 18.9 Å². The van der Waals surface area contributed by atoms with Crippen LogP contribution in [-0.4, -0.2) is 35.6 Å². The number of carboxylic acid groups (broad SMARTS) is 1. The number of carbonyl (C=O) groups excluding carboxylic acids is 1. The van der Waals surface area contributed by atoms with Gasteiger partial charge >= 0.3 is 12.0 Å². The van der Waals surface area contributed by atoms with Crippen molar-refractivity contribution in [1.29, 1.82) is 0 Å². The Bertz CT molecular complexity index is 432. The van der Waals surface area contributed by atoms with E-state index in [1.165, 1.54) is 0 Å². The van der Waals surface area contributed by atoms with Gasteiger partial charge in [-0.2, -0.15) is 0 Å². The zero-order chi connectivity index (χ0) is 13.5. The van der Waals surface area contributed by atoms with E-state index in [1.54, 1.807) is 36.2 Å². The average molecular weight is 250 g/mol. The number of urea groups is 1. The highest BCUT2D eigenvalue weighted by Crippen LogP contribution is 2.12. The molecule has 0 heterocycles. The molecule has 1 aromatic carbocycles. The molecule has 0 aromatic heterocycles. The number of hydrogen-bond donors (Lipinski definition) is 2. The van der Waals surface area contributed by atoms with E-state index in [1.807, 2.05) is 6.92 Å². The maximum atomic E-state index is 11.7. The minimum atomic E-state index is -0.887. The van der Waals surface area contributed by atoms with Gasteiger partial charge in [0.2, 0.25) is 0 Å². The van der Waals surface area contributed by atoms with Crippen LogP contribution in [0.5, 0.6) is 0 Å². The Morgan fingerprint density at radius 1 is 1.39 bits per heavy atom. The van der Waals surface area contributed by atoms with Gasteiger partial charge < -0.3 is 15.3 Å². The summed E-state index contributed by atoms with van der Waals surface area (Å²) in [6.45, 7) is 2.68. The molecule has 5 heteroatoms. The van der Waals surface area contributed by atoms with E-state index in [4.69, 9.17) is 5.11 Å². The second-order valence-electron chi connectivity index (χ2n) is 4.12. The minimum Gasteiger partial charge on any atom is -0.481 e. The van der Waals surface area contributed by atoms with Gasteiger partial charge in [-0.15, -0.1) is 0 Å². The summed E-state index contributed by atoms with van der Waals surface area (Å²) in [7, 11) is 1.72. The van der Waals surface area contributed by atoms with E-state index in [-0.39, 0.29) is 12.5 Å². The molecule has 0 aliphatic heterocycles. The number of nitrogens with one attached hydrogen (secondary N) is 1. The average Bonchev–Trinajstić information content (AvgIpc) is 2.28. The monoisotopic (exact) mass is 250 g/mol. The van der Waals surface area contributed by atoms with Crippen LogP contribution < -0.4 is 5.32 Å². The highest BCUT2D eigenvalue weighted by molar-refractivity contribution is 5.89. The van der Waals surface area contributed by atoms with Gasteiger partial charge in [-0.25, -0.2) is 4.79 Å². The highest BCUT2D eigenvalue weighted by atomic mass is 16.4. The van der Waals surface area contributed by atoms with Gasteiger partial charge in [0, 0.05) is 19.3 Å². The lowest BCUT2D eigenvalue weighted by Crippen LogP contribution is -2.31. The van der Waals surface area contributed by atoms with Crippen LogP contribution in [0, 0.1) is 0 Å². The number of carbonyl (C=O) groups is 2. The van der Waals surface area contributed by atoms with Crippen molar-refractivity contribution < 1.29 is 14.7 Å². The van der Waals surface area contributed by atoms with Gasteiger partial charge in [-0.1, -0.05) is 19.1 Å². The van der Waals surface area contributed by atoms with Crippen molar-refractivity contribution in [3.63, 3.8) is 0 Å². The Balaban J connectivity index is 2.67. The molecule has 0 saturated carbocycles. The van der Waals surface area contributed by atoms with E-state index >= 15 is 0 Å². The van der Waals surface area contributed by atoms with Gasteiger partial charge in [-0.05, 0) is 24.1 Å². The number of nitrogens with zero attached hydrogens (tertiary/aromatic N) is 1. The Kier molecular flexibility index (Phi) is 5.17. The molecular weight excluding hydrogens is 232 g/mol. The van der Waals surface area contributed by atoms with Crippen LogP contribution in [0.2, 0.25) is 0 Å². The van der Waals surface area contributed by atoms with Crippen LogP contribution in [-0.2, 0) is 11.2 Å². The van der Waals surface area contributed by atoms with E-state index in [0.717, 1.165) is 6.42 Å². The smallest absolute Gasteiger partial charge is 0.321 e. The second-order valence-corrected chi connectivity index (χ2v) is 4.12. The molecule has 0 spiro atoms. The Morgan fingerprint density at radius 3 is 2.72 bits per heavy atom. The molecule has 1 rings (SSSR count). The summed E-state index contributed by atoms with van der Waals surface area (Å²) < 4.78 is 0. The predicted molar refractivity (Wildman–Crippen MR) is 69.7 cm³/mol. The van der Waals surface area contributed by atoms with Gasteiger partial charge in [0.25, 0.3) is 0 Å². The fourth-order valence-electron chi connectivity index (χ4n) is 1.59. The maximum absolute atomic E-state index is 11.7. The lowest BCUT2D eigenvalue weighted by atomic mass is 10.1. The molecule has 0 aliphatic rings. The standard InChI is InChI=1S/C13H18N2O3/c1-3-7-15(2)13(18)14-11-6-4-5-10(8-11)9-12(16)17/h4-6,8H,3,7,9H2,1-2H3,(H,14,18)(H,16,17). The molecule has 0 atom stereocenters. The van der Waals surface area contributed by atoms with E-state index in [9.17, 15) is 9.59 Å². The van der Waals surface area contributed by atoms with Crippen molar-refractivity contribution in [3.05, 3.63) is 29.8 Å². The summed E-state index contributed by atoms with van der Waals surface area (Å²) in [5.41, 5.74) is 1.28. The number of aliphatic carboxylic acids is 1. The molecule has 0 fully saturated rings. The van der Waals surface area contributed by atoms with Crippen LogP contribution >= 0.6 is 0 Å². The predicted octanol–water partition coefficient (Wildman–Crippen LogP) is 2.19. The van der Waals surface area contributed by atoms with E-state index in [2.05, 4.69) is 5.32 Å². The molecule has 0 bridgehead atoms. The zero-order valence-electron chi connectivity index (χ0n) is 10.6. The lowest BCUT2D eigenvalue weighted by molar-refractivity contribution is -0.136. The van der Waals surface area contributed by atoms with Gasteiger partial charge in [-0.3, -0.25) is 4.79 Å². The summed E-state index contributed by atoms with van der Waals surface area (Å²) in [4.78, 5) is 23.9. The number of anilines is 1. The summed E-state index contributed by atoms with van der Waals surface area (Å²) >= 11 is 0. The lowest BCUT2D eigenvalue weighted by Gasteiger charge is -2.17. The third kappa shape index (κ3) is 4.45. The first-order valence-electron chi connectivity index (χ1n) is 5.85. The van der Waals surface area contributed by atoms with Crippen molar-refractivity contribution >= 4 is 17.7 Å². The van der Waals surface area contributed by atoms with Crippen LogP contribution in [0.3, 0.4) is 0 Å². The minimum absolute atomic E-state index is 0.0471. The molecule has 0 saturated heterocycles. The van der Waals surface area contributed by atoms with Gasteiger partial charge in [0.1, 0.15) is 0 Å². The quantitative estimate of drug-likeness (QED) is 0.841. The molecule has 0 radical (unpaired) electrons. The van der Waals surface area contributed by atoms with Gasteiger partial charge in [0.15, 0.2) is 0 Å². The largest absolute Gasteiger partial charge is 0.481 e. The Morgan fingerprint density at radius 2 is 2.11 bits per heavy atom. The van der Waals surface area contributed by atoms with Crippen molar-refractivity contribution in [2.75, 3.05) is 18.9 Å². The number of carboxylic acids is 1. The number of rotatable bonds is 5. The zero-order valence-corrected chi connectivity index (χ0v) is 10.6. The first-order valence-corrected chi connectivity index (χ1v) is 5.85. The SMILES string of the molecule is CCCN(C)C(=O)Nc1cccc(CC(=O)O)c1. The molecular formula is C13H18N2O3. The fourth-order valence-corrected chi connectivity index (χ4v) is 1.59. The van der Waals surface area contributed by atoms with Crippen LogP contribution in [0.25, 0.3) is 0 Å². The first-order chi connectivity index (χ1) is 8.52. The summed E-state index contributed by atoms with van der Waals surface area (Å²) in [5.74, 6) is -0.887. The van der Waals surface area contributed by atoms with E-state index in [0.29, 0.717) is 17.8 Å². The molecule has 98 valence electrons. The number of hydrogen-bond acceptors (Lipinski definition) is 2. The normalized spacial score (nSPS) is 9.89. The molecule has 1 aromatic rings. The molecule has 0 aliphatic carbocycles. The molecule has 0 unspecified atom stereocenters. The maximum Gasteiger partial charge on any atom is 0.321 e. The Hall–Kier alpha value is -2.04. The molecule has 5 nitrogen and oxygen atoms in total. The third-order valence-corrected chi connectivity index (χ3v) is 2.44. The third-order valence-electron chi connectivity index (χ3n) is 2.44. The topological polar surface area (TPSA) is 69.6 Å². The summed E-state index contributed by atoms with van der Waals surface area (Å²) in [6.07, 6.45) is 0.845. The number of amides is 2.